The van der Waals surface area contributed by atoms with Crippen molar-refractivity contribution >= 4 is 28.8 Å². The summed E-state index contributed by atoms with van der Waals surface area (Å²) in [5.41, 5.74) is 2.34. The maximum atomic E-state index is 13.7. The molecule has 174 valence electrons. The number of nitrogens with zero attached hydrogens (tertiary/aromatic N) is 2. The minimum atomic E-state index is -4.57. The van der Waals surface area contributed by atoms with Gasteiger partial charge in [0.15, 0.2) is 0 Å². The van der Waals surface area contributed by atoms with Gasteiger partial charge >= 0.3 is 6.18 Å². The van der Waals surface area contributed by atoms with E-state index in [1.165, 1.54) is 11.0 Å². The third-order valence-corrected chi connectivity index (χ3v) is 5.01. The van der Waals surface area contributed by atoms with E-state index in [0.717, 1.165) is 17.3 Å². The van der Waals surface area contributed by atoms with Crippen LogP contribution < -0.4 is 16.0 Å². The zero-order chi connectivity index (χ0) is 24.2. The molecule has 0 aliphatic heterocycles. The Labute approximate surface area is 190 Å². The first-order chi connectivity index (χ1) is 15.6. The molecule has 0 fully saturated rings. The number of aryl methyl sites for hydroxylation is 1. The molecule has 1 heterocycles. The quantitative estimate of drug-likeness (QED) is 0.448. The molecule has 3 N–H and O–H groups in total. The van der Waals surface area contributed by atoms with Gasteiger partial charge in [-0.25, -0.2) is 4.98 Å². The first-order valence-corrected chi connectivity index (χ1v) is 10.3. The number of halogens is 3. The lowest BCUT2D eigenvalue weighted by molar-refractivity contribution is -0.137. The van der Waals surface area contributed by atoms with Crippen LogP contribution in [-0.4, -0.2) is 36.9 Å². The van der Waals surface area contributed by atoms with Gasteiger partial charge in [0.05, 0.1) is 11.3 Å². The van der Waals surface area contributed by atoms with Crippen molar-refractivity contribution in [3.8, 4) is 0 Å². The highest BCUT2D eigenvalue weighted by molar-refractivity contribution is 5.94. The van der Waals surface area contributed by atoms with Crippen LogP contribution in [0.4, 0.5) is 36.1 Å². The average molecular weight is 458 g/mol. The fraction of sp³-hybridized carbons (Fsp3) is 0.250. The van der Waals surface area contributed by atoms with Crippen LogP contribution in [0.25, 0.3) is 0 Å². The van der Waals surface area contributed by atoms with Crippen LogP contribution in [0.2, 0.25) is 0 Å². The topological polar surface area (TPSA) is 69.3 Å². The number of carbonyl (C=O) groups excluding carboxylic acids is 1. The smallest absolute Gasteiger partial charge is 0.355 e. The summed E-state index contributed by atoms with van der Waals surface area (Å²) in [4.78, 5) is 17.6. The van der Waals surface area contributed by atoms with Gasteiger partial charge in [-0.1, -0.05) is 18.2 Å². The molecule has 0 saturated heterocycles. The Morgan fingerprint density at radius 1 is 1.00 bits per heavy atom. The van der Waals surface area contributed by atoms with E-state index in [1.54, 1.807) is 51.5 Å². The number of alkyl halides is 3. The lowest BCUT2D eigenvalue weighted by Gasteiger charge is -2.18. The largest absolute Gasteiger partial charge is 0.419 e. The number of anilines is 4. The Bertz CT molecular complexity index is 1150. The molecule has 3 aromatic rings. The van der Waals surface area contributed by atoms with E-state index < -0.39 is 11.7 Å². The number of nitrogens with one attached hydrogen (secondary N) is 3. The van der Waals surface area contributed by atoms with Gasteiger partial charge in [-0.15, -0.1) is 0 Å². The zero-order valence-electron chi connectivity index (χ0n) is 18.8. The van der Waals surface area contributed by atoms with Gasteiger partial charge in [0.1, 0.15) is 5.82 Å². The minimum absolute atomic E-state index is 0.111. The number of carbonyl (C=O) groups is 1. The van der Waals surface area contributed by atoms with E-state index in [9.17, 15) is 18.0 Å². The molecule has 0 atom stereocenters. The van der Waals surface area contributed by atoms with Crippen LogP contribution in [-0.2, 0) is 12.7 Å². The van der Waals surface area contributed by atoms with Crippen LogP contribution in [0, 0.1) is 6.92 Å². The molecule has 0 unspecified atom stereocenters. The van der Waals surface area contributed by atoms with Crippen molar-refractivity contribution in [2.75, 3.05) is 31.8 Å². The van der Waals surface area contributed by atoms with Crippen molar-refractivity contribution in [2.24, 2.45) is 0 Å². The van der Waals surface area contributed by atoms with Gasteiger partial charge in [0, 0.05) is 49.8 Å². The Kier molecular flexibility index (Phi) is 7.23. The first-order valence-electron chi connectivity index (χ1n) is 10.3. The molecule has 0 aliphatic carbocycles. The van der Waals surface area contributed by atoms with Gasteiger partial charge < -0.3 is 20.9 Å². The SMILES string of the molecule is CNCc1ccccc1Nc1cc(Nc2ccc(C(=O)N(C)C)cc2C)ncc1C(F)(F)F. The predicted octanol–water partition coefficient (Wildman–Crippen LogP) is 5.32. The summed E-state index contributed by atoms with van der Waals surface area (Å²) in [6.07, 6.45) is -3.76. The van der Waals surface area contributed by atoms with Crippen molar-refractivity contribution in [1.82, 2.24) is 15.2 Å². The number of amides is 1. The third kappa shape index (κ3) is 5.81. The summed E-state index contributed by atoms with van der Waals surface area (Å²) in [6, 6.07) is 13.6. The lowest BCUT2D eigenvalue weighted by atomic mass is 10.1. The van der Waals surface area contributed by atoms with Crippen molar-refractivity contribution in [3.63, 3.8) is 0 Å². The second-order valence-electron chi connectivity index (χ2n) is 7.78. The van der Waals surface area contributed by atoms with Gasteiger partial charge in [-0.2, -0.15) is 13.2 Å². The van der Waals surface area contributed by atoms with Crippen molar-refractivity contribution in [2.45, 2.75) is 19.6 Å². The van der Waals surface area contributed by atoms with E-state index in [-0.39, 0.29) is 17.4 Å². The Morgan fingerprint density at radius 3 is 2.36 bits per heavy atom. The molecule has 0 spiro atoms. The fourth-order valence-corrected chi connectivity index (χ4v) is 3.32. The Hall–Kier alpha value is -3.59. The summed E-state index contributed by atoms with van der Waals surface area (Å²) in [5.74, 6) is 0.107. The molecule has 6 nitrogen and oxygen atoms in total. The molecule has 0 radical (unpaired) electrons. The van der Waals surface area contributed by atoms with Gasteiger partial charge in [-0.3, -0.25) is 4.79 Å². The standard InChI is InChI=1S/C24H26F3N5O/c1-15-11-16(23(33)32(3)4)9-10-19(15)31-22-12-21(18(14-29-22)24(25,26)27)30-20-8-6-5-7-17(20)13-28-2/h5-12,14,28H,13H2,1-4H3,(H2,29,30,31). The molecule has 2 aromatic carbocycles. The maximum absolute atomic E-state index is 13.7. The number of benzene rings is 2. The first kappa shape index (κ1) is 24.1. The summed E-state index contributed by atoms with van der Waals surface area (Å²) < 4.78 is 41.0. The van der Waals surface area contributed by atoms with Crippen LogP contribution in [0.15, 0.2) is 54.7 Å². The molecule has 3 rings (SSSR count). The monoisotopic (exact) mass is 457 g/mol. The summed E-state index contributed by atoms with van der Waals surface area (Å²) >= 11 is 0. The number of hydrogen-bond donors (Lipinski definition) is 3. The van der Waals surface area contributed by atoms with Crippen LogP contribution in [0.5, 0.6) is 0 Å². The van der Waals surface area contributed by atoms with E-state index in [2.05, 4.69) is 20.9 Å². The summed E-state index contributed by atoms with van der Waals surface area (Å²) in [5, 5.41) is 8.99. The van der Waals surface area contributed by atoms with E-state index >= 15 is 0 Å². The lowest BCUT2D eigenvalue weighted by Crippen LogP contribution is -2.21. The van der Waals surface area contributed by atoms with Crippen molar-refractivity contribution < 1.29 is 18.0 Å². The zero-order valence-corrected chi connectivity index (χ0v) is 18.8. The molecule has 33 heavy (non-hydrogen) atoms. The highest BCUT2D eigenvalue weighted by Gasteiger charge is 2.34. The van der Waals surface area contributed by atoms with E-state index in [0.29, 0.717) is 23.5 Å². The number of rotatable bonds is 7. The van der Waals surface area contributed by atoms with Gasteiger partial charge in [0.25, 0.3) is 5.91 Å². The normalized spacial score (nSPS) is 11.2. The fourth-order valence-electron chi connectivity index (χ4n) is 3.32. The van der Waals surface area contributed by atoms with E-state index in [1.807, 2.05) is 19.1 Å². The maximum Gasteiger partial charge on any atom is 0.419 e. The van der Waals surface area contributed by atoms with Crippen molar-refractivity contribution in [1.29, 1.82) is 0 Å². The molecule has 1 amide bonds. The van der Waals surface area contributed by atoms with Gasteiger partial charge in [0.2, 0.25) is 0 Å². The van der Waals surface area contributed by atoms with Gasteiger partial charge in [-0.05, 0) is 49.4 Å². The van der Waals surface area contributed by atoms with Crippen LogP contribution >= 0.6 is 0 Å². The second-order valence-corrected chi connectivity index (χ2v) is 7.78. The molecule has 0 aliphatic rings. The molecule has 9 heteroatoms. The summed E-state index contributed by atoms with van der Waals surface area (Å²) in [6.45, 7) is 2.31. The second kappa shape index (κ2) is 9.91. The molecule has 1 aromatic heterocycles. The highest BCUT2D eigenvalue weighted by Crippen LogP contribution is 2.37. The minimum Gasteiger partial charge on any atom is -0.355 e. The van der Waals surface area contributed by atoms with Crippen LogP contribution in [0.1, 0.15) is 27.0 Å². The Morgan fingerprint density at radius 2 is 1.73 bits per heavy atom. The predicted molar refractivity (Wildman–Crippen MR) is 124 cm³/mol. The number of pyridine rings is 1. The van der Waals surface area contributed by atoms with Crippen molar-refractivity contribution in [3.05, 3.63) is 77.0 Å². The molecule has 0 bridgehead atoms. The van der Waals surface area contributed by atoms with E-state index in [4.69, 9.17) is 0 Å². The number of para-hydroxylation sites is 1. The molecular formula is C24H26F3N5O. The highest BCUT2D eigenvalue weighted by atomic mass is 19.4. The molecular weight excluding hydrogens is 431 g/mol. The number of hydrogen-bond acceptors (Lipinski definition) is 5. The summed E-state index contributed by atoms with van der Waals surface area (Å²) in [7, 11) is 5.10. The number of aromatic nitrogens is 1. The molecule has 0 saturated carbocycles. The third-order valence-electron chi connectivity index (χ3n) is 5.01. The van der Waals surface area contributed by atoms with Crippen LogP contribution in [0.3, 0.4) is 0 Å². The Balaban J connectivity index is 1.95. The average Bonchev–Trinajstić information content (AvgIpc) is 2.75.